The fourth-order valence-corrected chi connectivity index (χ4v) is 10.2. The van der Waals surface area contributed by atoms with Gasteiger partial charge in [-0.1, -0.05) is 48.0 Å². The van der Waals surface area contributed by atoms with Crippen molar-refractivity contribution in [3.63, 3.8) is 0 Å². The third-order valence-corrected chi connectivity index (χ3v) is 13.8. The molecule has 0 spiro atoms. The number of amides is 2. The Balaban J connectivity index is 0.000000228. The molecule has 50 heavy (non-hydrogen) atoms. The van der Waals surface area contributed by atoms with Crippen LogP contribution >= 0.6 is 11.6 Å². The molecule has 0 radical (unpaired) electrons. The van der Waals surface area contributed by atoms with Gasteiger partial charge in [-0.05, 0) is 111 Å². The van der Waals surface area contributed by atoms with E-state index >= 15 is 0 Å². The van der Waals surface area contributed by atoms with Crippen LogP contribution in [0.1, 0.15) is 69.8 Å². The number of rotatable bonds is 12. The number of sulfonamides is 2. The van der Waals surface area contributed by atoms with Crippen molar-refractivity contribution in [2.24, 2.45) is 11.8 Å². The van der Waals surface area contributed by atoms with Crippen molar-refractivity contribution in [3.05, 3.63) is 71.2 Å². The second-order valence-corrected chi connectivity index (χ2v) is 17.2. The predicted octanol–water partition coefficient (Wildman–Crippen LogP) is 5.64. The largest absolute Gasteiger partial charge is 0.289 e. The minimum atomic E-state index is -3.55. The predicted molar refractivity (Wildman–Crippen MR) is 191 cm³/mol. The molecule has 12 nitrogen and oxygen atoms in total. The van der Waals surface area contributed by atoms with E-state index in [4.69, 9.17) is 22.0 Å². The average molecular weight is 751 g/mol. The van der Waals surface area contributed by atoms with Gasteiger partial charge in [0.2, 0.25) is 31.9 Å². The summed E-state index contributed by atoms with van der Waals surface area (Å²) in [6.07, 6.45) is 6.83. The molecule has 0 aliphatic carbocycles. The second-order valence-electron chi connectivity index (χ2n) is 12.9. The number of aryl methyl sites for hydroxylation is 1. The lowest BCUT2D eigenvalue weighted by molar-refractivity contribution is -0.130. The van der Waals surface area contributed by atoms with Crippen molar-refractivity contribution in [1.29, 1.82) is 0 Å². The monoisotopic (exact) mass is 750 g/mol. The number of nitrogens with one attached hydrogen (secondary N) is 2. The summed E-state index contributed by atoms with van der Waals surface area (Å²) in [6, 6.07) is 17.8. The highest BCUT2D eigenvalue weighted by Crippen LogP contribution is 2.31. The molecule has 5 rings (SSSR count). The molecular weight excluding hydrogens is 704 g/mol. The van der Waals surface area contributed by atoms with Gasteiger partial charge in [0.25, 0.3) is 0 Å². The number of nitrogens with zero attached hydrogens (tertiary/aromatic N) is 2. The summed E-state index contributed by atoms with van der Waals surface area (Å²) < 4.78 is 54.4. The number of hydrogen-bond acceptors (Lipinski definition) is 8. The minimum Gasteiger partial charge on any atom is -0.289 e. The van der Waals surface area contributed by atoms with E-state index in [0.29, 0.717) is 62.2 Å². The molecule has 2 fully saturated rings. The number of carbonyl (C=O) groups excluding carboxylic acids is 2. The minimum absolute atomic E-state index is 0.153. The first-order valence-electron chi connectivity index (χ1n) is 17.0. The van der Waals surface area contributed by atoms with Crippen LogP contribution in [0.15, 0.2) is 70.5 Å². The van der Waals surface area contributed by atoms with Crippen LogP contribution in [-0.2, 0) is 29.6 Å². The van der Waals surface area contributed by atoms with Crippen LogP contribution in [0, 0.1) is 18.8 Å². The van der Waals surface area contributed by atoms with Gasteiger partial charge < -0.3 is 0 Å². The van der Waals surface area contributed by atoms with Crippen LogP contribution < -0.4 is 11.0 Å². The Labute approximate surface area is 299 Å². The molecule has 0 aromatic heterocycles. The van der Waals surface area contributed by atoms with Crippen molar-refractivity contribution in [2.75, 3.05) is 26.2 Å². The molecule has 2 heterocycles. The van der Waals surface area contributed by atoms with Crippen LogP contribution in [0.4, 0.5) is 0 Å². The zero-order valence-electron chi connectivity index (χ0n) is 28.3. The molecule has 2 aliphatic rings. The molecule has 0 bridgehead atoms. The number of hydroxylamine groups is 2. The van der Waals surface area contributed by atoms with Gasteiger partial charge in [-0.15, -0.1) is 0 Å². The number of hydrogen-bond donors (Lipinski definition) is 4. The fraction of sp³-hybridized carbons (Fsp3) is 0.486. The lowest BCUT2D eigenvalue weighted by Crippen LogP contribution is -2.38. The molecule has 2 amide bonds. The zero-order valence-corrected chi connectivity index (χ0v) is 30.6. The SMILES string of the molecule is Cc1cc(S(=O)(=O)N2CCC(CCCC(=O)NO)CC2)cc2ccccc12.O=C(CCCC1CCN(S(=O)(=O)c2ccccc2Cl)CC1)NO. The van der Waals surface area contributed by atoms with Gasteiger partial charge in [0.05, 0.1) is 9.92 Å². The topological polar surface area (TPSA) is 173 Å². The van der Waals surface area contributed by atoms with Crippen molar-refractivity contribution in [3.8, 4) is 0 Å². The summed E-state index contributed by atoms with van der Waals surface area (Å²) in [4.78, 5) is 22.5. The van der Waals surface area contributed by atoms with Crippen LogP contribution in [-0.4, -0.2) is 73.9 Å². The van der Waals surface area contributed by atoms with E-state index in [1.54, 1.807) is 45.6 Å². The second kappa shape index (κ2) is 18.4. The molecule has 15 heteroatoms. The van der Waals surface area contributed by atoms with E-state index in [1.165, 1.54) is 10.4 Å². The third kappa shape index (κ3) is 10.5. The van der Waals surface area contributed by atoms with Crippen LogP contribution in [0.3, 0.4) is 0 Å². The fourth-order valence-electron chi connectivity index (χ4n) is 6.65. The first kappa shape index (κ1) is 39.7. The Morgan fingerprint density at radius 3 is 1.74 bits per heavy atom. The molecule has 3 aromatic carbocycles. The Bertz CT molecular complexity index is 1830. The maximum Gasteiger partial charge on any atom is 0.244 e. The van der Waals surface area contributed by atoms with Gasteiger partial charge in [-0.2, -0.15) is 8.61 Å². The molecule has 0 unspecified atom stereocenters. The summed E-state index contributed by atoms with van der Waals surface area (Å²) >= 11 is 6.00. The van der Waals surface area contributed by atoms with E-state index in [0.717, 1.165) is 54.9 Å². The van der Waals surface area contributed by atoms with Crippen LogP contribution in [0.25, 0.3) is 10.8 Å². The van der Waals surface area contributed by atoms with Crippen molar-refractivity contribution in [2.45, 2.75) is 80.9 Å². The normalized spacial score (nSPS) is 16.8. The van der Waals surface area contributed by atoms with Gasteiger partial charge in [-0.25, -0.2) is 27.8 Å². The summed E-state index contributed by atoms with van der Waals surface area (Å²) in [6.45, 7) is 3.88. The van der Waals surface area contributed by atoms with Crippen molar-refractivity contribution >= 4 is 54.2 Å². The highest BCUT2D eigenvalue weighted by Gasteiger charge is 2.31. The Morgan fingerprint density at radius 2 is 1.22 bits per heavy atom. The molecule has 2 saturated heterocycles. The van der Waals surface area contributed by atoms with Gasteiger partial charge in [0.1, 0.15) is 4.90 Å². The summed E-state index contributed by atoms with van der Waals surface area (Å²) in [7, 11) is -7.05. The first-order valence-corrected chi connectivity index (χ1v) is 20.2. The maximum atomic E-state index is 13.1. The Hall–Kier alpha value is -3.11. The molecule has 0 atom stereocenters. The van der Waals surface area contributed by atoms with E-state index < -0.39 is 20.0 Å². The number of piperidine rings is 2. The molecular formula is C35H47ClN4O8S2. The lowest BCUT2D eigenvalue weighted by Gasteiger charge is -2.31. The molecule has 3 aromatic rings. The number of benzene rings is 3. The third-order valence-electron chi connectivity index (χ3n) is 9.56. The summed E-state index contributed by atoms with van der Waals surface area (Å²) in [5, 5.41) is 19.2. The standard InChI is InChI=1S/C20H26N2O4S.C15H21ClN2O4S/c1-15-13-18(14-17-6-2-3-7-19(15)17)27(25,26)22-11-9-16(10-12-22)5-4-8-20(23)21-24;16-13-5-1-2-6-14(13)23(21,22)18-10-8-12(9-11-18)4-3-7-15(19)17-20/h2-3,6-7,13-14,16,24H,4-5,8-12H2,1H3,(H,21,23);1-2,5-6,12,20H,3-4,7-11H2,(H,17,19). The molecule has 4 N–H and O–H groups in total. The number of fused-ring (bicyclic) bond motifs is 1. The van der Waals surface area contributed by atoms with Gasteiger partial charge in [-0.3, -0.25) is 20.0 Å². The van der Waals surface area contributed by atoms with Gasteiger partial charge in [0.15, 0.2) is 0 Å². The maximum absolute atomic E-state index is 13.1. The average Bonchev–Trinajstić information content (AvgIpc) is 3.12. The van der Waals surface area contributed by atoms with E-state index in [9.17, 15) is 26.4 Å². The van der Waals surface area contributed by atoms with Crippen LogP contribution in [0.2, 0.25) is 5.02 Å². The Morgan fingerprint density at radius 1 is 0.740 bits per heavy atom. The van der Waals surface area contributed by atoms with Crippen molar-refractivity contribution in [1.82, 2.24) is 19.6 Å². The molecule has 2 aliphatic heterocycles. The van der Waals surface area contributed by atoms with E-state index in [-0.39, 0.29) is 28.2 Å². The highest BCUT2D eigenvalue weighted by atomic mass is 35.5. The van der Waals surface area contributed by atoms with Crippen LogP contribution in [0.5, 0.6) is 0 Å². The van der Waals surface area contributed by atoms with Gasteiger partial charge in [0, 0.05) is 39.0 Å². The quantitative estimate of drug-likeness (QED) is 0.136. The lowest BCUT2D eigenvalue weighted by atomic mass is 9.92. The first-order chi connectivity index (χ1) is 23.9. The highest BCUT2D eigenvalue weighted by molar-refractivity contribution is 7.89. The Kier molecular flexibility index (Phi) is 14.6. The molecule has 0 saturated carbocycles. The van der Waals surface area contributed by atoms with E-state index in [1.807, 2.05) is 31.2 Å². The number of halogens is 1. The zero-order chi connectivity index (χ0) is 36.3. The van der Waals surface area contributed by atoms with Crippen molar-refractivity contribution < 1.29 is 36.8 Å². The molecule has 274 valence electrons. The smallest absolute Gasteiger partial charge is 0.244 e. The summed E-state index contributed by atoms with van der Waals surface area (Å²) in [5.74, 6) is 0.0610. The number of carbonyl (C=O) groups is 2. The van der Waals surface area contributed by atoms with Gasteiger partial charge >= 0.3 is 0 Å². The summed E-state index contributed by atoms with van der Waals surface area (Å²) in [5.41, 5.74) is 4.21. The van der Waals surface area contributed by atoms with E-state index in [2.05, 4.69) is 0 Å².